The number of carbonyl (C=O) groups excluding carboxylic acids is 4. The Kier molecular flexibility index (Phi) is 8.19. The van der Waals surface area contributed by atoms with Crippen molar-refractivity contribution >= 4 is 127 Å². The highest BCUT2D eigenvalue weighted by Crippen LogP contribution is 2.42. The SMILES string of the molecule is COC(=O)N1C(=O)/C(=C/c2ccc(-c3ccc(-c4ccc(/C=C5\SC(=S)N(C(=O)OC)C5=O)s4)s3)s2)SC1=S. The molecule has 0 bridgehead atoms. The number of thioether (sulfide) groups is 2. The largest absolute Gasteiger partial charge is 0.452 e. The van der Waals surface area contributed by atoms with E-state index in [1.807, 2.05) is 36.4 Å². The highest BCUT2D eigenvalue weighted by Gasteiger charge is 2.38. The van der Waals surface area contributed by atoms with Crippen molar-refractivity contribution in [3.63, 3.8) is 0 Å². The Morgan fingerprint density at radius 2 is 1.03 bits per heavy atom. The number of thiocarbonyl (C=S) groups is 2. The van der Waals surface area contributed by atoms with E-state index >= 15 is 0 Å². The minimum atomic E-state index is -0.799. The lowest BCUT2D eigenvalue weighted by Gasteiger charge is -2.09. The third-order valence-electron chi connectivity index (χ3n) is 5.19. The van der Waals surface area contributed by atoms with E-state index < -0.39 is 24.0 Å². The fraction of sp³-hybridized carbons (Fsp3) is 0.0833. The number of thiophene rings is 3. The van der Waals surface area contributed by atoms with Crippen LogP contribution in [0, 0.1) is 0 Å². The molecule has 5 rings (SSSR count). The fourth-order valence-corrected chi connectivity index (χ4v) is 9.11. The van der Waals surface area contributed by atoms with Crippen LogP contribution in [0.3, 0.4) is 0 Å². The van der Waals surface area contributed by atoms with Gasteiger partial charge in [-0.2, -0.15) is 9.80 Å². The molecule has 0 aromatic carbocycles. The van der Waals surface area contributed by atoms with Gasteiger partial charge in [0.05, 0.1) is 24.0 Å². The zero-order chi connectivity index (χ0) is 27.8. The van der Waals surface area contributed by atoms with Crippen molar-refractivity contribution in [2.45, 2.75) is 0 Å². The van der Waals surface area contributed by atoms with Gasteiger partial charge < -0.3 is 9.47 Å². The highest BCUT2D eigenvalue weighted by atomic mass is 32.2. The van der Waals surface area contributed by atoms with Crippen molar-refractivity contribution < 1.29 is 28.7 Å². The van der Waals surface area contributed by atoms with Gasteiger partial charge in [0.25, 0.3) is 11.8 Å². The van der Waals surface area contributed by atoms with E-state index in [4.69, 9.17) is 24.4 Å². The summed E-state index contributed by atoms with van der Waals surface area (Å²) in [7, 11) is 2.40. The molecule has 0 unspecified atom stereocenters. The molecule has 8 nitrogen and oxygen atoms in total. The molecule has 15 heteroatoms. The monoisotopic (exact) mass is 650 g/mol. The van der Waals surface area contributed by atoms with E-state index in [0.29, 0.717) is 9.81 Å². The lowest BCUT2D eigenvalue weighted by Crippen LogP contribution is -2.34. The molecule has 0 saturated carbocycles. The van der Waals surface area contributed by atoms with Crippen molar-refractivity contribution in [1.82, 2.24) is 9.80 Å². The minimum absolute atomic E-state index is 0.142. The fourth-order valence-electron chi connectivity index (χ4n) is 3.42. The number of ether oxygens (including phenoxy) is 2. The zero-order valence-electron chi connectivity index (χ0n) is 19.8. The molecular weight excluding hydrogens is 637 g/mol. The quantitative estimate of drug-likeness (QED) is 0.214. The van der Waals surface area contributed by atoms with E-state index in [-0.39, 0.29) is 8.64 Å². The van der Waals surface area contributed by atoms with E-state index in [0.717, 1.165) is 62.6 Å². The van der Waals surface area contributed by atoms with Gasteiger partial charge in [-0.25, -0.2) is 9.59 Å². The number of methoxy groups -OCH3 is 2. The summed E-state index contributed by atoms with van der Waals surface area (Å²) in [4.78, 5) is 57.1. The van der Waals surface area contributed by atoms with Gasteiger partial charge in [0, 0.05) is 29.3 Å². The zero-order valence-corrected chi connectivity index (χ0v) is 25.5. The lowest BCUT2D eigenvalue weighted by atomic mass is 10.3. The van der Waals surface area contributed by atoms with Crippen molar-refractivity contribution in [1.29, 1.82) is 0 Å². The maximum Gasteiger partial charge on any atom is 0.422 e. The number of amides is 4. The van der Waals surface area contributed by atoms with Gasteiger partial charge in [-0.1, -0.05) is 48.0 Å². The molecule has 2 aliphatic rings. The molecule has 5 heterocycles. The Hall–Kier alpha value is -2.66. The first kappa shape index (κ1) is 27.9. The smallest absolute Gasteiger partial charge is 0.422 e. The summed E-state index contributed by atoms with van der Waals surface area (Å²) in [5.41, 5.74) is 0. The van der Waals surface area contributed by atoms with Gasteiger partial charge in [0.15, 0.2) is 8.64 Å². The lowest BCUT2D eigenvalue weighted by molar-refractivity contribution is -0.121. The Bertz CT molecular complexity index is 1510. The summed E-state index contributed by atoms with van der Waals surface area (Å²) in [6.45, 7) is 0. The Morgan fingerprint density at radius 1 is 0.667 bits per heavy atom. The van der Waals surface area contributed by atoms with Crippen LogP contribution in [0.5, 0.6) is 0 Å². The molecule has 0 N–H and O–H groups in total. The minimum Gasteiger partial charge on any atom is -0.452 e. The van der Waals surface area contributed by atoms with E-state index in [1.165, 1.54) is 36.9 Å². The molecule has 3 aromatic rings. The summed E-state index contributed by atoms with van der Waals surface area (Å²) < 4.78 is 9.55. The first-order valence-corrected chi connectivity index (χ1v) is 15.6. The van der Waals surface area contributed by atoms with Gasteiger partial charge in [-0.05, 0) is 48.6 Å². The Labute approximate surface area is 253 Å². The number of imide groups is 2. The summed E-state index contributed by atoms with van der Waals surface area (Å²) in [6.07, 6.45) is 1.84. The van der Waals surface area contributed by atoms with Crippen LogP contribution < -0.4 is 0 Å². The van der Waals surface area contributed by atoms with Gasteiger partial charge in [0.2, 0.25) is 0 Å². The van der Waals surface area contributed by atoms with Gasteiger partial charge in [-0.15, -0.1) is 34.0 Å². The first-order valence-electron chi connectivity index (χ1n) is 10.7. The van der Waals surface area contributed by atoms with Crippen LogP contribution in [0.4, 0.5) is 9.59 Å². The van der Waals surface area contributed by atoms with Crippen LogP contribution in [0.15, 0.2) is 46.2 Å². The second-order valence-corrected chi connectivity index (χ2v) is 14.2. The van der Waals surface area contributed by atoms with Crippen LogP contribution in [0.25, 0.3) is 31.7 Å². The van der Waals surface area contributed by atoms with E-state index in [1.54, 1.807) is 23.5 Å². The maximum absolute atomic E-state index is 12.6. The number of hydrogen-bond acceptors (Lipinski definition) is 13. The molecule has 0 radical (unpaired) electrons. The molecule has 0 aliphatic carbocycles. The third-order valence-corrected chi connectivity index (χ3v) is 11.3. The van der Waals surface area contributed by atoms with Crippen molar-refractivity contribution in [2.24, 2.45) is 0 Å². The van der Waals surface area contributed by atoms with Crippen LogP contribution in [0.1, 0.15) is 9.75 Å². The van der Waals surface area contributed by atoms with E-state index in [2.05, 4.69) is 9.47 Å². The summed E-state index contributed by atoms with van der Waals surface area (Å²) in [5.74, 6) is -0.989. The average molecular weight is 651 g/mol. The molecule has 4 amide bonds. The van der Waals surface area contributed by atoms with Crippen LogP contribution >= 0.6 is 82.0 Å². The second-order valence-electron chi connectivity index (χ2n) is 7.54. The van der Waals surface area contributed by atoms with Gasteiger partial charge in [0.1, 0.15) is 0 Å². The molecule has 198 valence electrons. The maximum atomic E-state index is 12.6. The first-order chi connectivity index (χ1) is 18.7. The molecule has 0 atom stereocenters. The van der Waals surface area contributed by atoms with Crippen molar-refractivity contribution in [2.75, 3.05) is 14.2 Å². The number of carbonyl (C=O) groups is 4. The average Bonchev–Trinajstić information content (AvgIpc) is 3.73. The molecule has 2 fully saturated rings. The predicted molar refractivity (Wildman–Crippen MR) is 166 cm³/mol. The van der Waals surface area contributed by atoms with Gasteiger partial charge in [-0.3, -0.25) is 9.59 Å². The van der Waals surface area contributed by atoms with Crippen LogP contribution in [-0.4, -0.2) is 56.7 Å². The topological polar surface area (TPSA) is 93.2 Å². The number of rotatable bonds is 4. The Morgan fingerprint density at radius 3 is 1.41 bits per heavy atom. The number of hydrogen-bond donors (Lipinski definition) is 0. The Balaban J connectivity index is 1.31. The molecule has 3 aromatic heterocycles. The standard InChI is InChI=1S/C24H14N2O6S7/c1-31-21(29)25-19(27)17(38-23(25)33)9-11-3-5-13(35-11)15-7-8-16(37-15)14-6-4-12(36-14)10-18-20(28)26(22(30)32-2)24(34)39-18/h3-10H,1-2H3/b17-9-,18-10-. The molecular formula is C24H14N2O6S7. The summed E-state index contributed by atoms with van der Waals surface area (Å²) >= 11 is 17.1. The molecule has 39 heavy (non-hydrogen) atoms. The normalized spacial score (nSPS) is 17.7. The summed E-state index contributed by atoms with van der Waals surface area (Å²) in [6, 6.07) is 11.9. The van der Waals surface area contributed by atoms with Crippen LogP contribution in [0.2, 0.25) is 0 Å². The second kappa shape index (κ2) is 11.4. The molecule has 0 spiro atoms. The highest BCUT2D eigenvalue weighted by molar-refractivity contribution is 8.27. The van der Waals surface area contributed by atoms with Crippen molar-refractivity contribution in [3.8, 4) is 19.5 Å². The van der Waals surface area contributed by atoms with Crippen molar-refractivity contribution in [3.05, 3.63) is 56.0 Å². The number of nitrogens with zero attached hydrogens (tertiary/aromatic N) is 2. The predicted octanol–water partition coefficient (Wildman–Crippen LogP) is 7.14. The third kappa shape index (κ3) is 5.52. The molecule has 2 aliphatic heterocycles. The van der Waals surface area contributed by atoms with E-state index in [9.17, 15) is 19.2 Å². The molecule has 2 saturated heterocycles. The summed E-state index contributed by atoms with van der Waals surface area (Å²) in [5, 5.41) is 0. The van der Waals surface area contributed by atoms with Crippen LogP contribution in [-0.2, 0) is 19.1 Å². The van der Waals surface area contributed by atoms with Gasteiger partial charge >= 0.3 is 12.2 Å².